The molecule has 2 unspecified atom stereocenters. The Bertz CT molecular complexity index is 1420. The molecule has 1 spiro atoms. The number of aryl methyl sites for hydroxylation is 1. The Labute approximate surface area is 208 Å². The maximum Gasteiger partial charge on any atom is 0.320 e. The van der Waals surface area contributed by atoms with Crippen LogP contribution in [0.25, 0.3) is 16.9 Å². The average Bonchev–Trinajstić information content (AvgIpc) is 3.43. The second-order valence-electron chi connectivity index (χ2n) is 9.55. The fraction of sp³-hybridized carbons (Fsp3) is 0.296. The fourth-order valence-electron chi connectivity index (χ4n) is 5.16. The molecule has 0 radical (unpaired) electrons. The number of carbonyl (C=O) groups is 1. The largest absolute Gasteiger partial charge is 0.484 e. The first-order chi connectivity index (χ1) is 17.4. The number of aliphatic hydroxyl groups is 1. The number of aliphatic hydroxyl groups excluding tert-OH is 1. The summed E-state index contributed by atoms with van der Waals surface area (Å²) in [6, 6.07) is 16.2. The molecule has 1 fully saturated rings. The zero-order chi connectivity index (χ0) is 24.9. The molecule has 36 heavy (non-hydrogen) atoms. The molecule has 0 bridgehead atoms. The summed E-state index contributed by atoms with van der Waals surface area (Å²) in [4.78, 5) is 13.4. The SMILES string of the molecule is Cc1c(-c2cnn(C)c2)nn(-c2ccccc2)c1NC(=O)NC1c2ccccc2OC2(CCC2)C1O. The van der Waals surface area contributed by atoms with Gasteiger partial charge in [0.05, 0.1) is 17.9 Å². The third-order valence-corrected chi connectivity index (χ3v) is 7.24. The van der Waals surface area contributed by atoms with Crippen LogP contribution in [-0.4, -0.2) is 42.4 Å². The minimum absolute atomic E-state index is 0.428. The van der Waals surface area contributed by atoms with Crippen molar-refractivity contribution in [3.8, 4) is 22.7 Å². The number of benzene rings is 2. The van der Waals surface area contributed by atoms with Crippen molar-refractivity contribution >= 4 is 11.8 Å². The van der Waals surface area contributed by atoms with Crippen LogP contribution < -0.4 is 15.4 Å². The second kappa shape index (κ2) is 8.53. The van der Waals surface area contributed by atoms with Crippen LogP contribution in [0.2, 0.25) is 0 Å². The Balaban J connectivity index is 1.34. The third-order valence-electron chi connectivity index (χ3n) is 7.24. The second-order valence-corrected chi connectivity index (χ2v) is 9.55. The highest BCUT2D eigenvalue weighted by Gasteiger charge is 2.53. The first-order valence-corrected chi connectivity index (χ1v) is 12.1. The maximum atomic E-state index is 13.4. The van der Waals surface area contributed by atoms with E-state index in [1.807, 2.05) is 74.8 Å². The van der Waals surface area contributed by atoms with E-state index in [2.05, 4.69) is 15.7 Å². The number of carbonyl (C=O) groups excluding carboxylic acids is 1. The number of anilines is 1. The summed E-state index contributed by atoms with van der Waals surface area (Å²) in [5.41, 5.74) is 3.32. The van der Waals surface area contributed by atoms with Gasteiger partial charge < -0.3 is 15.2 Å². The van der Waals surface area contributed by atoms with Gasteiger partial charge in [-0.05, 0) is 44.4 Å². The highest BCUT2D eigenvalue weighted by Crippen LogP contribution is 2.49. The molecular weight excluding hydrogens is 456 g/mol. The zero-order valence-electron chi connectivity index (χ0n) is 20.2. The van der Waals surface area contributed by atoms with Gasteiger partial charge in [0.15, 0.2) is 0 Å². The summed E-state index contributed by atoms with van der Waals surface area (Å²) in [7, 11) is 1.85. The molecule has 2 aliphatic rings. The van der Waals surface area contributed by atoms with E-state index in [1.54, 1.807) is 15.6 Å². The van der Waals surface area contributed by atoms with Crippen molar-refractivity contribution in [2.75, 3.05) is 5.32 Å². The standard InChI is InChI=1S/C27H28N6O3/c1-17-22(18-15-28-32(2)16-18)31-33(19-9-4-3-5-10-19)25(17)30-26(35)29-23-20-11-6-7-12-21(20)36-27(24(23)34)13-8-14-27/h3-7,9-12,15-16,23-24,34H,8,13-14H2,1-2H3,(H2,29,30,35). The molecule has 3 heterocycles. The normalized spacial score (nSPS) is 19.8. The molecule has 2 atom stereocenters. The monoisotopic (exact) mass is 484 g/mol. The molecule has 0 saturated heterocycles. The third kappa shape index (κ3) is 3.63. The first kappa shape index (κ1) is 22.4. The molecule has 1 saturated carbocycles. The van der Waals surface area contributed by atoms with Gasteiger partial charge in [-0.1, -0.05) is 36.4 Å². The van der Waals surface area contributed by atoms with Gasteiger partial charge in [-0.15, -0.1) is 0 Å². The molecule has 1 aliphatic heterocycles. The van der Waals surface area contributed by atoms with Crippen molar-refractivity contribution in [2.45, 2.75) is 43.9 Å². The number of aromatic nitrogens is 4. The maximum absolute atomic E-state index is 13.4. The molecule has 4 aromatic rings. The highest BCUT2D eigenvalue weighted by molar-refractivity contribution is 5.91. The van der Waals surface area contributed by atoms with Crippen LogP contribution in [0, 0.1) is 6.92 Å². The van der Waals surface area contributed by atoms with Gasteiger partial charge in [-0.2, -0.15) is 10.2 Å². The van der Waals surface area contributed by atoms with Gasteiger partial charge >= 0.3 is 6.03 Å². The van der Waals surface area contributed by atoms with Crippen molar-refractivity contribution in [3.63, 3.8) is 0 Å². The number of amides is 2. The van der Waals surface area contributed by atoms with E-state index in [0.29, 0.717) is 11.6 Å². The van der Waals surface area contributed by atoms with E-state index in [4.69, 9.17) is 9.84 Å². The van der Waals surface area contributed by atoms with Crippen LogP contribution in [0.4, 0.5) is 10.6 Å². The Morgan fingerprint density at radius 3 is 2.58 bits per heavy atom. The molecule has 9 heteroatoms. The predicted octanol–water partition coefficient (Wildman–Crippen LogP) is 4.12. The van der Waals surface area contributed by atoms with Crippen molar-refractivity contribution < 1.29 is 14.6 Å². The van der Waals surface area contributed by atoms with Crippen LogP contribution in [0.3, 0.4) is 0 Å². The molecule has 1 aliphatic carbocycles. The van der Waals surface area contributed by atoms with Crippen LogP contribution in [0.15, 0.2) is 67.0 Å². The van der Waals surface area contributed by atoms with Crippen LogP contribution in [0.1, 0.15) is 36.4 Å². The van der Waals surface area contributed by atoms with Crippen molar-refractivity contribution in [3.05, 3.63) is 78.1 Å². The Kier molecular flexibility index (Phi) is 5.30. The van der Waals surface area contributed by atoms with Gasteiger partial charge in [0.2, 0.25) is 0 Å². The summed E-state index contributed by atoms with van der Waals surface area (Å²) in [5, 5.41) is 26.4. The Morgan fingerprint density at radius 1 is 1.14 bits per heavy atom. The summed E-state index contributed by atoms with van der Waals surface area (Å²) >= 11 is 0. The van der Waals surface area contributed by atoms with E-state index in [0.717, 1.165) is 47.3 Å². The van der Waals surface area contributed by atoms with Gasteiger partial charge in [0.1, 0.15) is 29.0 Å². The number of para-hydroxylation sites is 2. The Morgan fingerprint density at radius 2 is 1.89 bits per heavy atom. The smallest absolute Gasteiger partial charge is 0.320 e. The van der Waals surface area contributed by atoms with Gasteiger partial charge in [-0.25, -0.2) is 9.48 Å². The van der Waals surface area contributed by atoms with E-state index in [-0.39, 0.29) is 0 Å². The summed E-state index contributed by atoms with van der Waals surface area (Å²) < 4.78 is 9.64. The van der Waals surface area contributed by atoms with Crippen molar-refractivity contribution in [1.29, 1.82) is 0 Å². The lowest BCUT2D eigenvalue weighted by molar-refractivity contribution is -0.130. The number of fused-ring (bicyclic) bond motifs is 1. The first-order valence-electron chi connectivity index (χ1n) is 12.1. The van der Waals surface area contributed by atoms with E-state index in [1.165, 1.54) is 0 Å². The molecule has 6 rings (SSSR count). The number of hydrogen-bond acceptors (Lipinski definition) is 5. The minimum atomic E-state index is -0.849. The quantitative estimate of drug-likeness (QED) is 0.404. The molecule has 2 aromatic heterocycles. The number of nitrogens with one attached hydrogen (secondary N) is 2. The molecule has 9 nitrogen and oxygen atoms in total. The van der Waals surface area contributed by atoms with E-state index in [9.17, 15) is 9.90 Å². The van der Waals surface area contributed by atoms with E-state index < -0.39 is 23.8 Å². The lowest BCUT2D eigenvalue weighted by atomic mass is 9.71. The molecule has 184 valence electrons. The van der Waals surface area contributed by atoms with Crippen molar-refractivity contribution in [2.24, 2.45) is 7.05 Å². The van der Waals surface area contributed by atoms with Gasteiger partial charge in [0.25, 0.3) is 0 Å². The van der Waals surface area contributed by atoms with Crippen LogP contribution in [-0.2, 0) is 7.05 Å². The highest BCUT2D eigenvalue weighted by atomic mass is 16.5. The fourth-order valence-corrected chi connectivity index (χ4v) is 5.16. The summed E-state index contributed by atoms with van der Waals surface area (Å²) in [6.07, 6.45) is 5.31. The van der Waals surface area contributed by atoms with Gasteiger partial charge in [-0.3, -0.25) is 10.00 Å². The Hall–Kier alpha value is -4.11. The number of ether oxygens (including phenoxy) is 1. The van der Waals surface area contributed by atoms with Crippen LogP contribution in [0.5, 0.6) is 5.75 Å². The summed E-state index contributed by atoms with van der Waals surface area (Å²) in [6.45, 7) is 1.92. The van der Waals surface area contributed by atoms with Gasteiger partial charge in [0, 0.05) is 29.9 Å². The van der Waals surface area contributed by atoms with Crippen LogP contribution >= 0.6 is 0 Å². The van der Waals surface area contributed by atoms with E-state index >= 15 is 0 Å². The lowest BCUT2D eigenvalue weighted by Crippen LogP contribution is -2.60. The summed E-state index contributed by atoms with van der Waals surface area (Å²) in [5.74, 6) is 1.25. The number of rotatable bonds is 4. The molecule has 3 N–H and O–H groups in total. The topological polar surface area (TPSA) is 106 Å². The number of nitrogens with zero attached hydrogens (tertiary/aromatic N) is 4. The number of hydrogen-bond donors (Lipinski definition) is 3. The lowest BCUT2D eigenvalue weighted by Gasteiger charge is -2.51. The minimum Gasteiger partial charge on any atom is -0.484 e. The number of urea groups is 1. The molecule has 2 amide bonds. The molecular formula is C27H28N6O3. The van der Waals surface area contributed by atoms with Crippen molar-refractivity contribution in [1.82, 2.24) is 24.9 Å². The molecule has 2 aromatic carbocycles. The predicted molar refractivity (Wildman–Crippen MR) is 135 cm³/mol. The zero-order valence-corrected chi connectivity index (χ0v) is 20.2. The average molecular weight is 485 g/mol.